The number of Topliss-reactive ketones (excluding diaryl/α,β-unsaturated/α-hetero) is 1. The van der Waals surface area contributed by atoms with Gasteiger partial charge in [-0.25, -0.2) is 8.78 Å². The van der Waals surface area contributed by atoms with Crippen molar-refractivity contribution < 1.29 is 32.6 Å². The minimum absolute atomic E-state index is 0.0438. The maximum atomic E-state index is 14.9. The molecule has 0 bridgehead atoms. The standard InChI is InChI=1S/C30H29F2NO5/c1-18(2)25(33-21-12-10-19(11-13-21)26(34)7-5-9-29(35)36)17-37-22-15-23(31)30(24(32)16-22)28-14-20-6-3-4-8-27(20)38-28/h3-4,6,8,10-16,18,25,33H,5,7,9,17H2,1-2H3,(H,35,36)/t25-/m1/s1. The van der Waals surface area contributed by atoms with Gasteiger partial charge in [0, 0.05) is 41.6 Å². The lowest BCUT2D eigenvalue weighted by Gasteiger charge is -2.24. The van der Waals surface area contributed by atoms with Gasteiger partial charge in [0.2, 0.25) is 0 Å². The van der Waals surface area contributed by atoms with Crippen LogP contribution in [0.25, 0.3) is 22.3 Å². The van der Waals surface area contributed by atoms with Crippen LogP contribution in [0.4, 0.5) is 14.5 Å². The molecule has 0 spiro atoms. The summed E-state index contributed by atoms with van der Waals surface area (Å²) in [4.78, 5) is 22.9. The number of aliphatic carboxylic acids is 1. The molecular weight excluding hydrogens is 492 g/mol. The monoisotopic (exact) mass is 521 g/mol. The summed E-state index contributed by atoms with van der Waals surface area (Å²) >= 11 is 0. The molecule has 6 nitrogen and oxygen atoms in total. The number of fused-ring (bicyclic) bond motifs is 1. The molecule has 0 aliphatic rings. The predicted molar refractivity (Wildman–Crippen MR) is 142 cm³/mol. The van der Waals surface area contributed by atoms with Crippen LogP contribution in [0.2, 0.25) is 0 Å². The number of ether oxygens (including phenoxy) is 1. The first-order valence-corrected chi connectivity index (χ1v) is 12.4. The van der Waals surface area contributed by atoms with Crippen LogP contribution >= 0.6 is 0 Å². The lowest BCUT2D eigenvalue weighted by Crippen LogP contribution is -2.32. The Morgan fingerprint density at radius 2 is 1.66 bits per heavy atom. The molecule has 8 heteroatoms. The van der Waals surface area contributed by atoms with Crippen LogP contribution in [0.3, 0.4) is 0 Å². The Bertz CT molecular complexity index is 1370. The van der Waals surface area contributed by atoms with E-state index in [1.54, 1.807) is 42.5 Å². The number of hydrogen-bond donors (Lipinski definition) is 2. The Hall–Kier alpha value is -4.20. The number of halogens is 2. The lowest BCUT2D eigenvalue weighted by molar-refractivity contribution is -0.137. The van der Waals surface area contributed by atoms with E-state index in [4.69, 9.17) is 14.3 Å². The maximum Gasteiger partial charge on any atom is 0.303 e. The molecule has 0 saturated heterocycles. The molecule has 0 radical (unpaired) electrons. The molecule has 1 heterocycles. The van der Waals surface area contributed by atoms with Crippen LogP contribution in [0.5, 0.6) is 5.75 Å². The van der Waals surface area contributed by atoms with Crippen molar-refractivity contribution in [1.82, 2.24) is 0 Å². The highest BCUT2D eigenvalue weighted by Crippen LogP contribution is 2.34. The predicted octanol–water partition coefficient (Wildman–Crippen LogP) is 7.33. The molecule has 0 amide bonds. The average Bonchev–Trinajstić information content (AvgIpc) is 3.29. The normalized spacial score (nSPS) is 12.0. The van der Waals surface area contributed by atoms with Gasteiger partial charge in [0.15, 0.2) is 5.78 Å². The fourth-order valence-corrected chi connectivity index (χ4v) is 4.07. The molecule has 4 rings (SSSR count). The summed E-state index contributed by atoms with van der Waals surface area (Å²) in [5.41, 5.74) is 1.56. The largest absolute Gasteiger partial charge is 0.491 e. The number of para-hydroxylation sites is 1. The fourth-order valence-electron chi connectivity index (χ4n) is 4.07. The van der Waals surface area contributed by atoms with Gasteiger partial charge in [-0.15, -0.1) is 0 Å². The molecule has 4 aromatic rings. The molecule has 1 atom stereocenters. The van der Waals surface area contributed by atoms with E-state index in [2.05, 4.69) is 5.32 Å². The third kappa shape index (κ3) is 6.56. The second kappa shape index (κ2) is 11.9. The van der Waals surface area contributed by atoms with Crippen molar-refractivity contribution in [2.45, 2.75) is 39.2 Å². The van der Waals surface area contributed by atoms with Crippen LogP contribution in [0, 0.1) is 17.6 Å². The molecule has 3 aromatic carbocycles. The van der Waals surface area contributed by atoms with Gasteiger partial charge >= 0.3 is 5.97 Å². The Morgan fingerprint density at radius 1 is 0.974 bits per heavy atom. The van der Waals surface area contributed by atoms with Gasteiger partial charge in [0.05, 0.1) is 11.6 Å². The van der Waals surface area contributed by atoms with Gasteiger partial charge in [-0.05, 0) is 48.7 Å². The molecule has 0 fully saturated rings. The minimum atomic E-state index is -0.924. The van der Waals surface area contributed by atoms with E-state index in [0.717, 1.165) is 23.2 Å². The number of carbonyl (C=O) groups is 2. The van der Waals surface area contributed by atoms with Crippen molar-refractivity contribution in [1.29, 1.82) is 0 Å². The Kier molecular flexibility index (Phi) is 8.41. The molecule has 2 N–H and O–H groups in total. The van der Waals surface area contributed by atoms with Crippen LogP contribution in [0.1, 0.15) is 43.5 Å². The van der Waals surface area contributed by atoms with E-state index in [-0.39, 0.29) is 54.3 Å². The van der Waals surface area contributed by atoms with Crippen molar-refractivity contribution in [3.63, 3.8) is 0 Å². The number of hydrogen-bond acceptors (Lipinski definition) is 5. The second-order valence-corrected chi connectivity index (χ2v) is 9.46. The number of benzene rings is 3. The van der Waals surface area contributed by atoms with Crippen molar-refractivity contribution in [3.05, 3.63) is 83.9 Å². The van der Waals surface area contributed by atoms with Gasteiger partial charge in [-0.2, -0.15) is 0 Å². The van der Waals surface area contributed by atoms with Crippen molar-refractivity contribution in [3.8, 4) is 17.1 Å². The summed E-state index contributed by atoms with van der Waals surface area (Å²) in [5.74, 6) is -2.30. The first-order chi connectivity index (χ1) is 18.2. The minimum Gasteiger partial charge on any atom is -0.491 e. The highest BCUT2D eigenvalue weighted by atomic mass is 19.1. The molecule has 0 aliphatic carbocycles. The third-order valence-corrected chi connectivity index (χ3v) is 6.28. The number of carbonyl (C=O) groups excluding carboxylic acids is 1. The number of nitrogens with one attached hydrogen (secondary N) is 1. The van der Waals surface area contributed by atoms with Crippen molar-refractivity contribution in [2.75, 3.05) is 11.9 Å². The van der Waals surface area contributed by atoms with Crippen molar-refractivity contribution >= 4 is 28.4 Å². The van der Waals surface area contributed by atoms with E-state index in [1.807, 2.05) is 26.0 Å². The summed E-state index contributed by atoms with van der Waals surface area (Å²) in [6.45, 7) is 4.14. The Balaban J connectivity index is 1.40. The van der Waals surface area contributed by atoms with Gasteiger partial charge in [0.25, 0.3) is 0 Å². The summed E-state index contributed by atoms with van der Waals surface area (Å²) < 4.78 is 41.2. The average molecular weight is 522 g/mol. The van der Waals surface area contributed by atoms with E-state index in [9.17, 15) is 18.4 Å². The summed E-state index contributed by atoms with van der Waals surface area (Å²) in [7, 11) is 0. The quantitative estimate of drug-likeness (QED) is 0.190. The van der Waals surface area contributed by atoms with Gasteiger partial charge in [-0.1, -0.05) is 32.0 Å². The molecule has 0 unspecified atom stereocenters. The van der Waals surface area contributed by atoms with Gasteiger partial charge < -0.3 is 19.6 Å². The number of rotatable bonds is 12. The molecule has 38 heavy (non-hydrogen) atoms. The highest BCUT2D eigenvalue weighted by molar-refractivity contribution is 5.96. The fraction of sp³-hybridized carbons (Fsp3) is 0.267. The Labute approximate surface area is 219 Å². The van der Waals surface area contributed by atoms with Crippen molar-refractivity contribution in [2.24, 2.45) is 5.92 Å². The summed E-state index contributed by atoms with van der Waals surface area (Å²) in [6.07, 6.45) is 0.420. The van der Waals surface area contributed by atoms with E-state index >= 15 is 0 Å². The molecule has 0 aliphatic heterocycles. The molecule has 0 saturated carbocycles. The van der Waals surface area contributed by atoms with E-state index < -0.39 is 17.6 Å². The molecule has 198 valence electrons. The number of carboxylic acids is 1. The van der Waals surface area contributed by atoms with Crippen LogP contribution in [-0.4, -0.2) is 29.5 Å². The second-order valence-electron chi connectivity index (χ2n) is 9.46. The van der Waals surface area contributed by atoms with Crippen LogP contribution in [0.15, 0.2) is 71.1 Å². The van der Waals surface area contributed by atoms with E-state index in [0.29, 0.717) is 17.6 Å². The smallest absolute Gasteiger partial charge is 0.303 e. The first kappa shape index (κ1) is 26.9. The maximum absolute atomic E-state index is 14.9. The zero-order valence-electron chi connectivity index (χ0n) is 21.2. The number of carboxylic acid groups (broad SMARTS) is 1. The number of anilines is 1. The first-order valence-electron chi connectivity index (χ1n) is 12.4. The van der Waals surface area contributed by atoms with E-state index in [1.165, 1.54) is 0 Å². The zero-order chi connectivity index (χ0) is 27.2. The number of furan rings is 1. The molecule has 1 aromatic heterocycles. The topological polar surface area (TPSA) is 88.8 Å². The van der Waals surface area contributed by atoms with Gasteiger partial charge in [-0.3, -0.25) is 9.59 Å². The van der Waals surface area contributed by atoms with Crippen LogP contribution < -0.4 is 10.1 Å². The van der Waals surface area contributed by atoms with Gasteiger partial charge in [0.1, 0.15) is 35.3 Å². The third-order valence-electron chi connectivity index (χ3n) is 6.28. The van der Waals surface area contributed by atoms with Crippen LogP contribution in [-0.2, 0) is 4.79 Å². The highest BCUT2D eigenvalue weighted by Gasteiger charge is 2.20. The molecular formula is C30H29F2NO5. The zero-order valence-corrected chi connectivity index (χ0v) is 21.2. The SMILES string of the molecule is CC(C)[C@@H](COc1cc(F)c(-c2cc3ccccc3o2)c(F)c1)Nc1ccc(C(=O)CCCC(=O)O)cc1. The summed E-state index contributed by atoms with van der Waals surface area (Å²) in [6, 6.07) is 17.8. The lowest BCUT2D eigenvalue weighted by atomic mass is 10.0. The number of ketones is 1. The summed E-state index contributed by atoms with van der Waals surface area (Å²) in [5, 5.41) is 12.8. The Morgan fingerprint density at radius 3 is 2.29 bits per heavy atom.